The fraction of sp³-hybridized carbons (Fsp3) is 0.273. The fourth-order valence-electron chi connectivity index (χ4n) is 1.19. The number of anilines is 1. The smallest absolute Gasteiger partial charge is 0.223 e. The predicted molar refractivity (Wildman–Crippen MR) is 72.1 cm³/mol. The summed E-state index contributed by atoms with van der Waals surface area (Å²) in [6.07, 6.45) is 5.09. The van der Waals surface area contributed by atoms with Crippen molar-refractivity contribution in [3.05, 3.63) is 29.2 Å². The first-order valence-corrected chi connectivity index (χ1v) is 6.61. The zero-order valence-corrected chi connectivity index (χ0v) is 11.6. The second-order valence-electron chi connectivity index (χ2n) is 3.52. The Balaban J connectivity index is 2.22. The van der Waals surface area contributed by atoms with E-state index in [1.165, 1.54) is 11.8 Å². The van der Waals surface area contributed by atoms with E-state index in [0.717, 1.165) is 12.1 Å². The Kier molecular flexibility index (Phi) is 4.33. The molecule has 2 aromatic rings. The average molecular weight is 282 g/mol. The third kappa shape index (κ3) is 3.30. The Morgan fingerprint density at radius 2 is 1.94 bits per heavy atom. The molecule has 0 aliphatic rings. The Labute approximate surface area is 114 Å². The SMILES string of the molecule is CCNc1ncc(Cl)c(Sc2ncc(C)cn2)n1. The van der Waals surface area contributed by atoms with Crippen LogP contribution < -0.4 is 5.32 Å². The Morgan fingerprint density at radius 3 is 2.61 bits per heavy atom. The molecule has 2 heterocycles. The molecule has 0 aliphatic heterocycles. The van der Waals surface area contributed by atoms with E-state index in [1.54, 1.807) is 18.6 Å². The summed E-state index contributed by atoms with van der Waals surface area (Å²) in [5.74, 6) is 0.552. The van der Waals surface area contributed by atoms with Gasteiger partial charge in [-0.25, -0.2) is 19.9 Å². The van der Waals surface area contributed by atoms with E-state index in [9.17, 15) is 0 Å². The summed E-state index contributed by atoms with van der Waals surface area (Å²) in [6.45, 7) is 4.68. The number of nitrogens with zero attached hydrogens (tertiary/aromatic N) is 4. The number of aryl methyl sites for hydroxylation is 1. The summed E-state index contributed by atoms with van der Waals surface area (Å²) in [7, 11) is 0. The van der Waals surface area contributed by atoms with Gasteiger partial charge in [0.05, 0.1) is 11.2 Å². The van der Waals surface area contributed by atoms with Crippen molar-refractivity contribution < 1.29 is 0 Å². The van der Waals surface area contributed by atoms with Crippen molar-refractivity contribution in [3.8, 4) is 0 Å². The van der Waals surface area contributed by atoms with Crippen molar-refractivity contribution in [1.82, 2.24) is 19.9 Å². The Morgan fingerprint density at radius 1 is 1.22 bits per heavy atom. The minimum atomic E-state index is 0.492. The lowest BCUT2D eigenvalue weighted by Crippen LogP contribution is -2.02. The number of nitrogens with one attached hydrogen (secondary N) is 1. The Hall–Kier alpha value is -1.40. The molecule has 0 saturated carbocycles. The van der Waals surface area contributed by atoms with Crippen LogP contribution in [0.5, 0.6) is 0 Å². The minimum Gasteiger partial charge on any atom is -0.354 e. The molecular weight excluding hydrogens is 270 g/mol. The van der Waals surface area contributed by atoms with Gasteiger partial charge in [-0.15, -0.1) is 0 Å². The lowest BCUT2D eigenvalue weighted by Gasteiger charge is -2.05. The van der Waals surface area contributed by atoms with Gasteiger partial charge in [-0.3, -0.25) is 0 Å². The third-order valence-corrected chi connectivity index (χ3v) is 3.28. The van der Waals surface area contributed by atoms with Crippen molar-refractivity contribution >= 4 is 29.3 Å². The first kappa shape index (κ1) is 13.0. The van der Waals surface area contributed by atoms with Gasteiger partial charge in [0.15, 0.2) is 5.16 Å². The van der Waals surface area contributed by atoms with Gasteiger partial charge in [-0.05, 0) is 31.2 Å². The molecule has 18 heavy (non-hydrogen) atoms. The molecule has 0 saturated heterocycles. The normalized spacial score (nSPS) is 10.4. The van der Waals surface area contributed by atoms with Gasteiger partial charge in [0.25, 0.3) is 0 Å². The van der Waals surface area contributed by atoms with E-state index in [2.05, 4.69) is 25.3 Å². The van der Waals surface area contributed by atoms with Crippen molar-refractivity contribution in [3.63, 3.8) is 0 Å². The van der Waals surface area contributed by atoms with Crippen molar-refractivity contribution in [2.75, 3.05) is 11.9 Å². The molecule has 0 aromatic carbocycles. The summed E-state index contributed by atoms with van der Waals surface area (Å²) in [6, 6.07) is 0. The molecule has 5 nitrogen and oxygen atoms in total. The maximum Gasteiger partial charge on any atom is 0.223 e. The van der Waals surface area contributed by atoms with Gasteiger partial charge in [-0.1, -0.05) is 11.6 Å². The molecule has 0 bridgehead atoms. The summed E-state index contributed by atoms with van der Waals surface area (Å²) in [5.41, 5.74) is 1.02. The fourth-order valence-corrected chi connectivity index (χ4v) is 2.06. The van der Waals surface area contributed by atoms with Gasteiger partial charge in [0.2, 0.25) is 5.95 Å². The molecule has 0 spiro atoms. The van der Waals surface area contributed by atoms with Crippen LogP contribution in [0.3, 0.4) is 0 Å². The highest BCUT2D eigenvalue weighted by atomic mass is 35.5. The molecule has 0 radical (unpaired) electrons. The highest BCUT2D eigenvalue weighted by molar-refractivity contribution is 7.99. The molecular formula is C11H12ClN5S. The number of halogens is 1. The van der Waals surface area contributed by atoms with Crippen LogP contribution in [0.4, 0.5) is 5.95 Å². The zero-order chi connectivity index (χ0) is 13.0. The maximum atomic E-state index is 6.05. The lowest BCUT2D eigenvalue weighted by atomic mass is 10.4. The van der Waals surface area contributed by atoms with E-state index in [4.69, 9.17) is 11.6 Å². The second-order valence-corrected chi connectivity index (χ2v) is 4.89. The van der Waals surface area contributed by atoms with E-state index in [0.29, 0.717) is 21.2 Å². The standard InChI is InChI=1S/C11H12ClN5S/c1-3-13-10-14-6-8(12)9(17-10)18-11-15-4-7(2)5-16-11/h4-6H,3H2,1-2H3,(H,13,14,17). The molecule has 0 fully saturated rings. The minimum absolute atomic E-state index is 0.492. The van der Waals surface area contributed by atoms with Crippen molar-refractivity contribution in [2.24, 2.45) is 0 Å². The number of hydrogen-bond donors (Lipinski definition) is 1. The molecule has 0 aliphatic carbocycles. The Bertz CT molecular complexity index is 531. The highest BCUT2D eigenvalue weighted by Crippen LogP contribution is 2.29. The molecule has 94 valence electrons. The van der Waals surface area contributed by atoms with Crippen LogP contribution >= 0.6 is 23.4 Å². The van der Waals surface area contributed by atoms with Gasteiger partial charge >= 0.3 is 0 Å². The second kappa shape index (κ2) is 5.97. The van der Waals surface area contributed by atoms with Crippen LogP contribution in [0.1, 0.15) is 12.5 Å². The van der Waals surface area contributed by atoms with Gasteiger partial charge in [0, 0.05) is 18.9 Å². The number of hydrogen-bond acceptors (Lipinski definition) is 6. The summed E-state index contributed by atoms with van der Waals surface area (Å²) in [4.78, 5) is 16.8. The van der Waals surface area contributed by atoms with Crippen LogP contribution in [0.2, 0.25) is 5.02 Å². The molecule has 2 rings (SSSR count). The van der Waals surface area contributed by atoms with E-state index in [-0.39, 0.29) is 0 Å². The van der Waals surface area contributed by atoms with Crippen LogP contribution in [-0.4, -0.2) is 26.5 Å². The first-order chi connectivity index (χ1) is 8.69. The predicted octanol–water partition coefficient (Wildman–Crippen LogP) is 2.81. The zero-order valence-electron chi connectivity index (χ0n) is 10.0. The topological polar surface area (TPSA) is 63.6 Å². The third-order valence-electron chi connectivity index (χ3n) is 1.99. The van der Waals surface area contributed by atoms with Crippen molar-refractivity contribution in [2.45, 2.75) is 24.0 Å². The summed E-state index contributed by atoms with van der Waals surface area (Å²) in [5, 5.41) is 4.79. The highest BCUT2D eigenvalue weighted by Gasteiger charge is 2.08. The lowest BCUT2D eigenvalue weighted by molar-refractivity contribution is 0.940. The molecule has 2 aromatic heterocycles. The molecule has 1 N–H and O–H groups in total. The van der Waals surface area contributed by atoms with Crippen molar-refractivity contribution in [1.29, 1.82) is 0 Å². The number of aromatic nitrogens is 4. The van der Waals surface area contributed by atoms with Gasteiger partial charge in [-0.2, -0.15) is 0 Å². The largest absolute Gasteiger partial charge is 0.354 e. The molecule has 0 amide bonds. The van der Waals surface area contributed by atoms with Crippen LogP contribution in [-0.2, 0) is 0 Å². The molecule has 7 heteroatoms. The van der Waals surface area contributed by atoms with Crippen LogP contribution in [0.25, 0.3) is 0 Å². The summed E-state index contributed by atoms with van der Waals surface area (Å²) < 4.78 is 0. The van der Waals surface area contributed by atoms with Crippen LogP contribution in [0.15, 0.2) is 28.8 Å². The quantitative estimate of drug-likeness (QED) is 0.687. The first-order valence-electron chi connectivity index (χ1n) is 5.42. The monoisotopic (exact) mass is 281 g/mol. The van der Waals surface area contributed by atoms with Gasteiger partial charge in [0.1, 0.15) is 5.03 Å². The van der Waals surface area contributed by atoms with Crippen LogP contribution in [0, 0.1) is 6.92 Å². The van der Waals surface area contributed by atoms with E-state index < -0.39 is 0 Å². The number of rotatable bonds is 4. The summed E-state index contributed by atoms with van der Waals surface area (Å²) >= 11 is 7.37. The maximum absolute atomic E-state index is 6.05. The molecule has 0 atom stereocenters. The van der Waals surface area contributed by atoms with E-state index >= 15 is 0 Å². The van der Waals surface area contributed by atoms with E-state index in [1.807, 2.05) is 13.8 Å². The molecule has 0 unspecified atom stereocenters. The van der Waals surface area contributed by atoms with Gasteiger partial charge < -0.3 is 5.32 Å². The average Bonchev–Trinajstić information content (AvgIpc) is 2.36.